The van der Waals surface area contributed by atoms with Crippen LogP contribution >= 0.6 is 0 Å². The second-order valence-electron chi connectivity index (χ2n) is 7.39. The summed E-state index contributed by atoms with van der Waals surface area (Å²) in [5, 5.41) is 15.4. The first kappa shape index (κ1) is 18.8. The Hall–Kier alpha value is -2.57. The highest BCUT2D eigenvalue weighted by molar-refractivity contribution is 5.27. The number of halogens is 2. The first-order valence-electron chi connectivity index (χ1n) is 9.49. The molecule has 1 aliphatic heterocycles. The number of benzene rings is 2. The Morgan fingerprint density at radius 1 is 0.893 bits per heavy atom. The lowest BCUT2D eigenvalue weighted by Crippen LogP contribution is -2.43. The summed E-state index contributed by atoms with van der Waals surface area (Å²) in [5.74, 6) is -1.37. The van der Waals surface area contributed by atoms with Gasteiger partial charge in [-0.1, -0.05) is 36.4 Å². The Kier molecular flexibility index (Phi) is 5.24. The van der Waals surface area contributed by atoms with Crippen LogP contribution in [-0.4, -0.2) is 32.9 Å². The number of aromatic nitrogens is 2. The maximum atomic E-state index is 14.1. The zero-order chi connectivity index (χ0) is 19.6. The van der Waals surface area contributed by atoms with Crippen LogP contribution in [0.2, 0.25) is 0 Å². The van der Waals surface area contributed by atoms with E-state index in [1.165, 1.54) is 23.8 Å². The number of hydrogen-bond donors (Lipinski definition) is 1. The molecule has 2 aromatic carbocycles. The van der Waals surface area contributed by atoms with Crippen molar-refractivity contribution in [3.63, 3.8) is 0 Å². The van der Waals surface area contributed by atoms with Gasteiger partial charge in [-0.3, -0.25) is 9.58 Å². The fraction of sp³-hybridized carbons (Fsp3) is 0.318. The van der Waals surface area contributed by atoms with Crippen molar-refractivity contribution >= 4 is 0 Å². The molecular weight excluding hydrogens is 360 g/mol. The van der Waals surface area contributed by atoms with Gasteiger partial charge in [0.25, 0.3) is 0 Å². The Bertz CT molecular complexity index is 914. The zero-order valence-corrected chi connectivity index (χ0v) is 15.6. The van der Waals surface area contributed by atoms with Crippen LogP contribution in [0.4, 0.5) is 8.78 Å². The number of piperidine rings is 1. The smallest absolute Gasteiger partial charge is 0.132 e. The number of nitrogens with zero attached hydrogens (tertiary/aromatic N) is 3. The Morgan fingerprint density at radius 3 is 2.25 bits per heavy atom. The number of aliphatic hydroxyl groups is 1. The molecule has 3 aromatic rings. The summed E-state index contributed by atoms with van der Waals surface area (Å²) in [6.07, 6.45) is 2.53. The third-order valence-electron chi connectivity index (χ3n) is 5.38. The third-order valence-corrected chi connectivity index (χ3v) is 5.38. The molecule has 1 saturated heterocycles. The van der Waals surface area contributed by atoms with E-state index in [1.807, 2.05) is 35.1 Å². The van der Waals surface area contributed by atoms with Gasteiger partial charge in [-0.25, -0.2) is 8.78 Å². The van der Waals surface area contributed by atoms with Crippen molar-refractivity contribution in [3.05, 3.63) is 89.2 Å². The molecule has 2 heterocycles. The number of hydrogen-bond acceptors (Lipinski definition) is 3. The van der Waals surface area contributed by atoms with Crippen LogP contribution in [0.25, 0.3) is 0 Å². The Morgan fingerprint density at radius 2 is 1.57 bits per heavy atom. The molecule has 0 radical (unpaired) electrons. The summed E-state index contributed by atoms with van der Waals surface area (Å²) in [7, 11) is 0. The van der Waals surface area contributed by atoms with Crippen molar-refractivity contribution in [2.75, 3.05) is 13.1 Å². The molecule has 28 heavy (non-hydrogen) atoms. The summed E-state index contributed by atoms with van der Waals surface area (Å²) in [5.41, 5.74) is 0.464. The van der Waals surface area contributed by atoms with Crippen LogP contribution in [-0.2, 0) is 18.7 Å². The number of rotatable bonds is 5. The summed E-state index contributed by atoms with van der Waals surface area (Å²) in [6.45, 7) is 2.47. The molecule has 6 heteroatoms. The van der Waals surface area contributed by atoms with Crippen molar-refractivity contribution in [2.24, 2.45) is 0 Å². The highest BCUT2D eigenvalue weighted by Gasteiger charge is 2.38. The van der Waals surface area contributed by atoms with E-state index < -0.39 is 17.2 Å². The SMILES string of the molecule is OC1(c2c(F)cccc2F)CCN(Cc2ccn(Cc3ccccc3)n2)CC1. The molecule has 0 bridgehead atoms. The largest absolute Gasteiger partial charge is 0.385 e. The highest BCUT2D eigenvalue weighted by atomic mass is 19.1. The van der Waals surface area contributed by atoms with E-state index in [1.54, 1.807) is 0 Å². The molecule has 0 spiro atoms. The van der Waals surface area contributed by atoms with Crippen molar-refractivity contribution in [3.8, 4) is 0 Å². The van der Waals surface area contributed by atoms with Gasteiger partial charge in [0.15, 0.2) is 0 Å². The minimum atomic E-state index is -1.46. The van der Waals surface area contributed by atoms with E-state index in [0.717, 1.165) is 5.69 Å². The van der Waals surface area contributed by atoms with E-state index in [0.29, 0.717) is 26.2 Å². The molecule has 1 fully saturated rings. The molecule has 0 amide bonds. The van der Waals surface area contributed by atoms with Gasteiger partial charge in [0, 0.05) is 25.8 Å². The molecule has 0 atom stereocenters. The van der Waals surface area contributed by atoms with E-state index >= 15 is 0 Å². The summed E-state index contributed by atoms with van der Waals surface area (Å²) in [4.78, 5) is 2.16. The predicted molar refractivity (Wildman–Crippen MR) is 103 cm³/mol. The summed E-state index contributed by atoms with van der Waals surface area (Å²) in [6, 6.07) is 15.8. The average Bonchev–Trinajstić information content (AvgIpc) is 3.11. The summed E-state index contributed by atoms with van der Waals surface area (Å²) >= 11 is 0. The van der Waals surface area contributed by atoms with Crippen molar-refractivity contribution < 1.29 is 13.9 Å². The van der Waals surface area contributed by atoms with Crippen molar-refractivity contribution in [1.29, 1.82) is 0 Å². The molecule has 1 N–H and O–H groups in total. The highest BCUT2D eigenvalue weighted by Crippen LogP contribution is 2.36. The van der Waals surface area contributed by atoms with Gasteiger partial charge in [-0.05, 0) is 36.6 Å². The van der Waals surface area contributed by atoms with Gasteiger partial charge in [-0.15, -0.1) is 0 Å². The maximum Gasteiger partial charge on any atom is 0.132 e. The normalized spacial score (nSPS) is 17.0. The molecule has 0 unspecified atom stereocenters. The van der Waals surface area contributed by atoms with E-state index in [2.05, 4.69) is 22.1 Å². The molecule has 4 rings (SSSR count). The predicted octanol–water partition coefficient (Wildman–Crippen LogP) is 3.69. The van der Waals surface area contributed by atoms with Crippen LogP contribution in [0.1, 0.15) is 29.7 Å². The van der Waals surface area contributed by atoms with Crippen molar-refractivity contribution in [2.45, 2.75) is 31.5 Å². The average molecular weight is 383 g/mol. The zero-order valence-electron chi connectivity index (χ0n) is 15.6. The van der Waals surface area contributed by atoms with Gasteiger partial charge >= 0.3 is 0 Å². The van der Waals surface area contributed by atoms with Gasteiger partial charge < -0.3 is 5.11 Å². The van der Waals surface area contributed by atoms with Gasteiger partial charge in [0.1, 0.15) is 11.6 Å². The molecule has 4 nitrogen and oxygen atoms in total. The topological polar surface area (TPSA) is 41.3 Å². The second-order valence-corrected chi connectivity index (χ2v) is 7.39. The minimum Gasteiger partial charge on any atom is -0.385 e. The summed E-state index contributed by atoms with van der Waals surface area (Å²) < 4.78 is 30.1. The minimum absolute atomic E-state index is 0.207. The molecule has 1 aromatic heterocycles. The van der Waals surface area contributed by atoms with Crippen LogP contribution in [0.15, 0.2) is 60.8 Å². The number of likely N-dealkylation sites (tertiary alicyclic amines) is 1. The van der Waals surface area contributed by atoms with Gasteiger partial charge in [0.2, 0.25) is 0 Å². The lowest BCUT2D eigenvalue weighted by Gasteiger charge is -2.38. The van der Waals surface area contributed by atoms with Crippen LogP contribution in [0.3, 0.4) is 0 Å². The fourth-order valence-corrected chi connectivity index (χ4v) is 3.85. The molecule has 0 saturated carbocycles. The second kappa shape index (κ2) is 7.81. The molecule has 146 valence electrons. The Balaban J connectivity index is 1.37. The first-order valence-corrected chi connectivity index (χ1v) is 9.49. The van der Waals surface area contributed by atoms with Gasteiger partial charge in [0.05, 0.1) is 23.4 Å². The van der Waals surface area contributed by atoms with Gasteiger partial charge in [-0.2, -0.15) is 5.10 Å². The lowest BCUT2D eigenvalue weighted by atomic mass is 9.83. The fourth-order valence-electron chi connectivity index (χ4n) is 3.85. The van der Waals surface area contributed by atoms with E-state index in [9.17, 15) is 13.9 Å². The van der Waals surface area contributed by atoms with Crippen molar-refractivity contribution in [1.82, 2.24) is 14.7 Å². The molecular formula is C22H23F2N3O. The monoisotopic (exact) mass is 383 g/mol. The van der Waals surface area contributed by atoms with Crippen LogP contribution < -0.4 is 0 Å². The lowest BCUT2D eigenvalue weighted by molar-refractivity contribution is -0.0332. The quantitative estimate of drug-likeness (QED) is 0.731. The van der Waals surface area contributed by atoms with Crippen LogP contribution in [0, 0.1) is 11.6 Å². The maximum absolute atomic E-state index is 14.1. The molecule has 1 aliphatic rings. The Labute approximate surface area is 163 Å². The van der Waals surface area contributed by atoms with E-state index in [-0.39, 0.29) is 18.4 Å². The first-order chi connectivity index (χ1) is 13.5. The third kappa shape index (κ3) is 3.98. The standard InChI is InChI=1S/C22H23F2N3O/c23-19-7-4-8-20(24)21(19)22(28)10-13-26(14-11-22)16-18-9-12-27(25-18)15-17-5-2-1-3-6-17/h1-9,12,28H,10-11,13-16H2. The van der Waals surface area contributed by atoms with Crippen LogP contribution in [0.5, 0.6) is 0 Å². The van der Waals surface area contributed by atoms with E-state index in [4.69, 9.17) is 0 Å². The molecule has 0 aliphatic carbocycles.